The fourth-order valence-corrected chi connectivity index (χ4v) is 8.04. The van der Waals surface area contributed by atoms with Gasteiger partial charge in [-0.1, -0.05) is 45.4 Å². The lowest BCUT2D eigenvalue weighted by Crippen LogP contribution is -2.49. The molecule has 0 spiro atoms. The summed E-state index contributed by atoms with van der Waals surface area (Å²) >= 11 is 0. The Hall–Kier alpha value is -0.0400. The van der Waals surface area contributed by atoms with Gasteiger partial charge >= 0.3 is 0 Å². The predicted octanol–water partition coefficient (Wildman–Crippen LogP) is 6.02. The van der Waals surface area contributed by atoms with E-state index in [0.29, 0.717) is 0 Å². The quantitative estimate of drug-likeness (QED) is 0.568. The molecule has 0 radical (unpaired) electrons. The summed E-state index contributed by atoms with van der Waals surface area (Å²) in [7, 11) is 0. The minimum Gasteiger partial charge on any atom is -0.294 e. The maximum atomic E-state index is 3.20. The van der Waals surface area contributed by atoms with Crippen molar-refractivity contribution in [3.8, 4) is 0 Å². The molecule has 6 unspecified atom stereocenters. The van der Waals surface area contributed by atoms with Gasteiger partial charge in [-0.25, -0.2) is 0 Å². The molecule has 0 N–H and O–H groups in total. The molecule has 1 saturated heterocycles. The van der Waals surface area contributed by atoms with Gasteiger partial charge in [0.1, 0.15) is 0 Å². The van der Waals surface area contributed by atoms with Crippen LogP contribution in [0, 0.1) is 29.6 Å². The first-order valence-electron chi connectivity index (χ1n) is 11.6. The van der Waals surface area contributed by atoms with E-state index < -0.39 is 0 Å². The van der Waals surface area contributed by atoms with Gasteiger partial charge in [0.25, 0.3) is 0 Å². The van der Waals surface area contributed by atoms with Crippen LogP contribution in [0.2, 0.25) is 0 Å². The summed E-state index contributed by atoms with van der Waals surface area (Å²) in [5.41, 5.74) is 0. The fraction of sp³-hybridized carbons (Fsp3) is 1.00. The molecule has 5 fully saturated rings. The van der Waals surface area contributed by atoms with Gasteiger partial charge in [0.2, 0.25) is 0 Å². The highest BCUT2D eigenvalue weighted by Gasteiger charge is 2.54. The van der Waals surface area contributed by atoms with Crippen molar-refractivity contribution in [3.63, 3.8) is 0 Å². The molecule has 0 aromatic heterocycles. The molecular formula is C23H39N. The van der Waals surface area contributed by atoms with Crippen LogP contribution in [0.15, 0.2) is 0 Å². The Kier molecular flexibility index (Phi) is 4.44. The van der Waals surface area contributed by atoms with Crippen LogP contribution in [-0.4, -0.2) is 23.0 Å². The first kappa shape index (κ1) is 16.2. The van der Waals surface area contributed by atoms with Crippen LogP contribution in [0.1, 0.15) is 96.8 Å². The van der Waals surface area contributed by atoms with E-state index in [0.717, 1.165) is 47.7 Å². The second kappa shape index (κ2) is 6.60. The van der Waals surface area contributed by atoms with Crippen molar-refractivity contribution < 1.29 is 0 Å². The zero-order chi connectivity index (χ0) is 16.1. The summed E-state index contributed by atoms with van der Waals surface area (Å²) < 4.78 is 0. The Morgan fingerprint density at radius 1 is 0.583 bits per heavy atom. The van der Waals surface area contributed by atoms with Gasteiger partial charge in [0.15, 0.2) is 0 Å². The average Bonchev–Trinajstić information content (AvgIpc) is 2.94. The number of fused-ring (bicyclic) bond motifs is 4. The van der Waals surface area contributed by atoms with Gasteiger partial charge in [-0.2, -0.15) is 0 Å². The van der Waals surface area contributed by atoms with Crippen LogP contribution in [0.5, 0.6) is 0 Å². The van der Waals surface area contributed by atoms with Crippen molar-refractivity contribution in [1.29, 1.82) is 0 Å². The summed E-state index contributed by atoms with van der Waals surface area (Å²) in [4.78, 5) is 3.20. The van der Waals surface area contributed by atoms with Gasteiger partial charge in [-0.3, -0.25) is 4.90 Å². The van der Waals surface area contributed by atoms with Gasteiger partial charge in [-0.05, 0) is 81.0 Å². The van der Waals surface area contributed by atoms with Gasteiger partial charge < -0.3 is 0 Å². The normalized spacial score (nSPS) is 52.4. The van der Waals surface area contributed by atoms with Crippen molar-refractivity contribution in [2.75, 3.05) is 0 Å². The Balaban J connectivity index is 1.40. The van der Waals surface area contributed by atoms with E-state index >= 15 is 0 Å². The highest BCUT2D eigenvalue weighted by atomic mass is 15.3. The third kappa shape index (κ3) is 2.68. The van der Waals surface area contributed by atoms with Gasteiger partial charge in [0.05, 0.1) is 0 Å². The first-order chi connectivity index (χ1) is 11.8. The minimum absolute atomic E-state index is 0.960. The molecule has 6 atom stereocenters. The molecule has 0 aromatic carbocycles. The Labute approximate surface area is 149 Å². The molecule has 1 nitrogen and oxygen atoms in total. The largest absolute Gasteiger partial charge is 0.294 e. The molecule has 4 aliphatic carbocycles. The van der Waals surface area contributed by atoms with Crippen LogP contribution >= 0.6 is 0 Å². The molecule has 0 aromatic rings. The molecule has 1 heterocycles. The summed E-state index contributed by atoms with van der Waals surface area (Å²) in [5.74, 6) is 5.40. The van der Waals surface area contributed by atoms with Crippen molar-refractivity contribution in [1.82, 2.24) is 4.90 Å². The molecule has 4 saturated carbocycles. The van der Waals surface area contributed by atoms with Crippen LogP contribution in [0.4, 0.5) is 0 Å². The predicted molar refractivity (Wildman–Crippen MR) is 101 cm³/mol. The number of hydrogen-bond acceptors (Lipinski definition) is 1. The lowest BCUT2D eigenvalue weighted by molar-refractivity contribution is 0.0248. The summed E-state index contributed by atoms with van der Waals surface area (Å²) in [6.45, 7) is 2.49. The molecule has 24 heavy (non-hydrogen) atoms. The molecule has 136 valence electrons. The molecule has 1 aliphatic heterocycles. The summed E-state index contributed by atoms with van der Waals surface area (Å²) in [6.07, 6.45) is 21.6. The number of hydrogen-bond donors (Lipinski definition) is 0. The fourth-order valence-electron chi connectivity index (χ4n) is 8.04. The monoisotopic (exact) mass is 329 g/mol. The highest BCUT2D eigenvalue weighted by Crippen LogP contribution is 2.55. The van der Waals surface area contributed by atoms with Crippen LogP contribution in [-0.2, 0) is 0 Å². The maximum absolute atomic E-state index is 3.20. The SMILES string of the molecule is CC1CCC(N2C3CCCCC3C3CC4CCCCC4CC32)CC1. The second-order valence-electron chi connectivity index (χ2n) is 10.4. The van der Waals surface area contributed by atoms with Crippen molar-refractivity contribution >= 4 is 0 Å². The molecule has 5 aliphatic rings. The van der Waals surface area contributed by atoms with Crippen LogP contribution in [0.25, 0.3) is 0 Å². The van der Waals surface area contributed by atoms with Crippen LogP contribution in [0.3, 0.4) is 0 Å². The third-order valence-corrected chi connectivity index (χ3v) is 9.18. The van der Waals surface area contributed by atoms with E-state index in [-0.39, 0.29) is 0 Å². The second-order valence-corrected chi connectivity index (χ2v) is 10.4. The number of likely N-dealkylation sites (tertiary alicyclic amines) is 1. The zero-order valence-corrected chi connectivity index (χ0v) is 16.0. The van der Waals surface area contributed by atoms with E-state index in [4.69, 9.17) is 0 Å². The van der Waals surface area contributed by atoms with E-state index in [1.54, 1.807) is 38.5 Å². The van der Waals surface area contributed by atoms with E-state index in [9.17, 15) is 0 Å². The molecule has 5 rings (SSSR count). The summed E-state index contributed by atoms with van der Waals surface area (Å²) in [6, 6.07) is 2.95. The lowest BCUT2D eigenvalue weighted by Gasteiger charge is -2.47. The molecule has 1 heteroatoms. The lowest BCUT2D eigenvalue weighted by atomic mass is 9.63. The Bertz CT molecular complexity index is 437. The summed E-state index contributed by atoms with van der Waals surface area (Å²) in [5, 5.41) is 0. The number of rotatable bonds is 1. The molecule has 0 bridgehead atoms. The highest BCUT2D eigenvalue weighted by molar-refractivity contribution is 5.07. The Morgan fingerprint density at radius 2 is 1.25 bits per heavy atom. The third-order valence-electron chi connectivity index (χ3n) is 9.18. The molecule has 0 amide bonds. The van der Waals surface area contributed by atoms with E-state index in [1.165, 1.54) is 51.4 Å². The van der Waals surface area contributed by atoms with Gasteiger partial charge in [0, 0.05) is 18.1 Å². The van der Waals surface area contributed by atoms with Crippen molar-refractivity contribution in [2.45, 2.75) is 115 Å². The Morgan fingerprint density at radius 3 is 2.04 bits per heavy atom. The van der Waals surface area contributed by atoms with E-state index in [2.05, 4.69) is 11.8 Å². The minimum atomic E-state index is 0.960. The van der Waals surface area contributed by atoms with Crippen LogP contribution < -0.4 is 0 Å². The maximum Gasteiger partial charge on any atom is 0.0136 e. The van der Waals surface area contributed by atoms with Gasteiger partial charge in [-0.15, -0.1) is 0 Å². The van der Waals surface area contributed by atoms with Crippen molar-refractivity contribution in [3.05, 3.63) is 0 Å². The molecular weight excluding hydrogens is 290 g/mol. The average molecular weight is 330 g/mol. The first-order valence-corrected chi connectivity index (χ1v) is 11.6. The van der Waals surface area contributed by atoms with E-state index in [1.807, 2.05) is 0 Å². The zero-order valence-electron chi connectivity index (χ0n) is 16.0. The topological polar surface area (TPSA) is 3.24 Å². The standard InChI is InChI=1S/C23H39N/c1-16-10-12-19(13-11-16)24-22-9-5-4-8-20(22)21-14-17-6-2-3-7-18(17)15-23(21)24/h16-23H,2-15H2,1H3. The smallest absolute Gasteiger partial charge is 0.0136 e. The van der Waals surface area contributed by atoms with Crippen molar-refractivity contribution in [2.24, 2.45) is 29.6 Å². The number of nitrogens with zero attached hydrogens (tertiary/aromatic N) is 1.